The molecular weight excluding hydrogens is 232 g/mol. The van der Waals surface area contributed by atoms with Crippen molar-refractivity contribution in [2.24, 2.45) is 4.99 Å². The van der Waals surface area contributed by atoms with Gasteiger partial charge in [0, 0.05) is 43.3 Å². The first-order valence-corrected chi connectivity index (χ1v) is 6.06. The molecule has 0 aromatic carbocycles. The highest BCUT2D eigenvalue weighted by Gasteiger charge is 2.08. The molecule has 1 heterocycles. The number of aryl methyl sites for hydroxylation is 1. The van der Waals surface area contributed by atoms with Crippen LogP contribution in [-0.2, 0) is 11.3 Å². The van der Waals surface area contributed by atoms with E-state index in [1.165, 1.54) is 0 Å². The minimum absolute atomic E-state index is 0.0788. The van der Waals surface area contributed by atoms with Crippen molar-refractivity contribution in [1.29, 1.82) is 0 Å². The molecule has 0 atom stereocenters. The molecule has 0 saturated heterocycles. The van der Waals surface area contributed by atoms with Crippen molar-refractivity contribution in [3.8, 4) is 5.75 Å². The molecule has 0 aliphatic carbocycles. The third-order valence-electron chi connectivity index (χ3n) is 2.53. The normalized spacial score (nSPS) is 11.3. The second-order valence-electron chi connectivity index (χ2n) is 3.88. The molecule has 1 aromatic heterocycles. The second kappa shape index (κ2) is 7.79. The van der Waals surface area contributed by atoms with E-state index < -0.39 is 0 Å². The van der Waals surface area contributed by atoms with Crippen molar-refractivity contribution in [3.05, 3.63) is 23.0 Å². The average molecular weight is 252 g/mol. The van der Waals surface area contributed by atoms with Crippen molar-refractivity contribution < 1.29 is 14.9 Å². The lowest BCUT2D eigenvalue weighted by Gasteiger charge is -2.06. The zero-order chi connectivity index (χ0) is 13.4. The highest BCUT2D eigenvalue weighted by atomic mass is 16.5. The molecule has 0 unspecified atom stereocenters. The van der Waals surface area contributed by atoms with Crippen LogP contribution >= 0.6 is 0 Å². The Morgan fingerprint density at radius 1 is 1.50 bits per heavy atom. The maximum atomic E-state index is 9.86. The van der Waals surface area contributed by atoms with Crippen LogP contribution in [0.25, 0.3) is 0 Å². The minimum Gasteiger partial charge on any atom is -0.505 e. The molecule has 0 bridgehead atoms. The van der Waals surface area contributed by atoms with Gasteiger partial charge in [0.15, 0.2) is 0 Å². The van der Waals surface area contributed by atoms with E-state index in [2.05, 4.69) is 9.98 Å². The van der Waals surface area contributed by atoms with Crippen molar-refractivity contribution in [2.45, 2.75) is 26.9 Å². The third-order valence-corrected chi connectivity index (χ3v) is 2.53. The lowest BCUT2D eigenvalue weighted by atomic mass is 10.1. The number of aliphatic hydroxyl groups excluding tert-OH is 1. The second-order valence-corrected chi connectivity index (χ2v) is 3.88. The Labute approximate surface area is 107 Å². The topological polar surface area (TPSA) is 74.9 Å². The van der Waals surface area contributed by atoms with Gasteiger partial charge in [0.2, 0.25) is 0 Å². The summed E-state index contributed by atoms with van der Waals surface area (Å²) in [7, 11) is 0. The maximum absolute atomic E-state index is 9.86. The van der Waals surface area contributed by atoms with Crippen LogP contribution in [0.3, 0.4) is 0 Å². The summed E-state index contributed by atoms with van der Waals surface area (Å²) in [5, 5.41) is 19.0. The molecule has 18 heavy (non-hydrogen) atoms. The fraction of sp³-hybridized carbons (Fsp3) is 0.538. The Bertz CT molecular complexity index is 405. The summed E-state index contributed by atoms with van der Waals surface area (Å²) in [4.78, 5) is 8.21. The van der Waals surface area contributed by atoms with E-state index in [0.717, 1.165) is 6.42 Å². The number of nitrogens with zero attached hydrogens (tertiary/aromatic N) is 2. The predicted molar refractivity (Wildman–Crippen MR) is 70.1 cm³/mol. The first kappa shape index (κ1) is 14.6. The van der Waals surface area contributed by atoms with Crippen LogP contribution in [0.4, 0.5) is 0 Å². The molecule has 0 radical (unpaired) electrons. The minimum atomic E-state index is -0.166. The van der Waals surface area contributed by atoms with Crippen molar-refractivity contribution in [1.82, 2.24) is 4.98 Å². The smallest absolute Gasteiger partial charge is 0.145 e. The Balaban J connectivity index is 2.65. The average Bonchev–Trinajstić information content (AvgIpc) is 2.38. The van der Waals surface area contributed by atoms with E-state index in [0.29, 0.717) is 36.6 Å². The first-order chi connectivity index (χ1) is 8.70. The van der Waals surface area contributed by atoms with Gasteiger partial charge in [-0.3, -0.25) is 9.98 Å². The van der Waals surface area contributed by atoms with E-state index >= 15 is 0 Å². The summed E-state index contributed by atoms with van der Waals surface area (Å²) in [5.74, 6) is 0.0788. The molecule has 0 amide bonds. The number of hydrogen-bond acceptors (Lipinski definition) is 5. The van der Waals surface area contributed by atoms with Crippen LogP contribution in [0, 0.1) is 6.92 Å². The summed E-state index contributed by atoms with van der Waals surface area (Å²) >= 11 is 0. The highest BCUT2D eigenvalue weighted by Crippen LogP contribution is 2.21. The lowest BCUT2D eigenvalue weighted by molar-refractivity contribution is 0.146. The van der Waals surface area contributed by atoms with Crippen molar-refractivity contribution in [3.63, 3.8) is 0 Å². The van der Waals surface area contributed by atoms with E-state index in [-0.39, 0.29) is 12.4 Å². The number of rotatable bonds is 7. The Morgan fingerprint density at radius 3 is 2.94 bits per heavy atom. The number of ether oxygens (including phenoxy) is 1. The number of aliphatic hydroxyl groups is 1. The molecule has 5 nitrogen and oxygen atoms in total. The number of aromatic hydroxyl groups is 1. The van der Waals surface area contributed by atoms with E-state index in [4.69, 9.17) is 4.74 Å². The summed E-state index contributed by atoms with van der Waals surface area (Å²) in [5.41, 5.74) is 1.65. The largest absolute Gasteiger partial charge is 0.505 e. The van der Waals surface area contributed by atoms with Gasteiger partial charge in [-0.05, 0) is 20.3 Å². The Kier molecular flexibility index (Phi) is 6.32. The van der Waals surface area contributed by atoms with Gasteiger partial charge in [0.25, 0.3) is 0 Å². The number of pyridine rings is 1. The van der Waals surface area contributed by atoms with Gasteiger partial charge in [-0.15, -0.1) is 0 Å². The molecule has 1 aromatic rings. The molecule has 0 fully saturated rings. The van der Waals surface area contributed by atoms with Crippen LogP contribution in [0.15, 0.2) is 11.2 Å². The van der Waals surface area contributed by atoms with Gasteiger partial charge in [-0.25, -0.2) is 0 Å². The quantitative estimate of drug-likeness (QED) is 0.568. The van der Waals surface area contributed by atoms with Crippen LogP contribution in [0.1, 0.15) is 30.2 Å². The fourth-order valence-electron chi connectivity index (χ4n) is 1.48. The number of aromatic nitrogens is 1. The molecule has 100 valence electrons. The molecule has 0 aliphatic heterocycles. The third kappa shape index (κ3) is 4.09. The molecule has 5 heteroatoms. The van der Waals surface area contributed by atoms with Crippen LogP contribution in [0.2, 0.25) is 0 Å². The van der Waals surface area contributed by atoms with Crippen LogP contribution in [-0.4, -0.2) is 41.2 Å². The standard InChI is InChI=1S/C13H20N2O3/c1-3-18-6-4-5-14-8-12-11(9-16)7-15-10(2)13(12)17/h7-8,16-17H,3-6,9H2,1-2H3. The van der Waals surface area contributed by atoms with E-state index in [9.17, 15) is 10.2 Å². The monoisotopic (exact) mass is 252 g/mol. The van der Waals surface area contributed by atoms with Gasteiger partial charge in [-0.2, -0.15) is 0 Å². The van der Waals surface area contributed by atoms with Crippen molar-refractivity contribution in [2.75, 3.05) is 19.8 Å². The maximum Gasteiger partial charge on any atom is 0.145 e. The Morgan fingerprint density at radius 2 is 2.28 bits per heavy atom. The summed E-state index contributed by atoms with van der Waals surface area (Å²) in [6.07, 6.45) is 3.97. The first-order valence-electron chi connectivity index (χ1n) is 6.06. The molecular formula is C13H20N2O3. The van der Waals surface area contributed by atoms with E-state index in [1.54, 1.807) is 19.3 Å². The number of aliphatic imine (C=N–C) groups is 1. The highest BCUT2D eigenvalue weighted by molar-refractivity contribution is 5.85. The van der Waals surface area contributed by atoms with Gasteiger partial charge < -0.3 is 14.9 Å². The van der Waals surface area contributed by atoms with Crippen molar-refractivity contribution >= 4 is 6.21 Å². The summed E-state index contributed by atoms with van der Waals surface area (Å²) < 4.78 is 5.20. The number of hydrogen-bond donors (Lipinski definition) is 2. The predicted octanol–water partition coefficient (Wildman–Crippen LogP) is 1.43. The van der Waals surface area contributed by atoms with Gasteiger partial charge in [0.1, 0.15) is 5.75 Å². The zero-order valence-electron chi connectivity index (χ0n) is 10.9. The zero-order valence-corrected chi connectivity index (χ0v) is 10.9. The summed E-state index contributed by atoms with van der Waals surface area (Å²) in [6, 6.07) is 0. The molecule has 1 rings (SSSR count). The van der Waals surface area contributed by atoms with E-state index in [1.807, 2.05) is 6.92 Å². The van der Waals surface area contributed by atoms with Crippen LogP contribution in [0.5, 0.6) is 5.75 Å². The van der Waals surface area contributed by atoms with Gasteiger partial charge in [0.05, 0.1) is 12.3 Å². The fourth-order valence-corrected chi connectivity index (χ4v) is 1.48. The summed E-state index contributed by atoms with van der Waals surface area (Å²) in [6.45, 7) is 5.52. The van der Waals surface area contributed by atoms with Crippen LogP contribution < -0.4 is 0 Å². The lowest BCUT2D eigenvalue weighted by Crippen LogP contribution is -1.99. The molecule has 0 saturated carbocycles. The molecule has 0 aliphatic rings. The molecule has 0 spiro atoms. The SMILES string of the molecule is CCOCCCN=Cc1c(CO)cnc(C)c1O. The Hall–Kier alpha value is -1.46. The van der Waals surface area contributed by atoms with Gasteiger partial charge in [-0.1, -0.05) is 0 Å². The van der Waals surface area contributed by atoms with Gasteiger partial charge >= 0.3 is 0 Å². The molecule has 2 N–H and O–H groups in total.